The molecule has 1 spiro atoms. The summed E-state index contributed by atoms with van der Waals surface area (Å²) in [5.74, 6) is 0.751. The first-order valence-corrected chi connectivity index (χ1v) is 13.9. The number of ether oxygens (including phenoxy) is 1. The molecule has 2 heterocycles. The molecule has 0 bridgehead atoms. The van der Waals surface area contributed by atoms with Gasteiger partial charge in [-0.25, -0.2) is 0 Å². The summed E-state index contributed by atoms with van der Waals surface area (Å²) in [5.41, 5.74) is 4.88. The van der Waals surface area contributed by atoms with E-state index in [4.69, 9.17) is 9.72 Å². The van der Waals surface area contributed by atoms with E-state index < -0.39 is 0 Å². The molecule has 1 saturated heterocycles. The Morgan fingerprint density at radius 3 is 2.42 bits per heavy atom. The lowest BCUT2D eigenvalue weighted by molar-refractivity contribution is -0.105. The molecule has 2 nitrogen and oxygen atoms in total. The normalized spacial score (nSPS) is 25.3. The van der Waals surface area contributed by atoms with Gasteiger partial charge in [-0.1, -0.05) is 77.3 Å². The third kappa shape index (κ3) is 6.07. The van der Waals surface area contributed by atoms with Crippen LogP contribution in [0.2, 0.25) is 0 Å². The van der Waals surface area contributed by atoms with Crippen molar-refractivity contribution in [3.8, 4) is 0 Å². The van der Waals surface area contributed by atoms with E-state index in [2.05, 4.69) is 42.5 Å². The molecule has 1 saturated carbocycles. The van der Waals surface area contributed by atoms with Gasteiger partial charge in [0, 0.05) is 23.9 Å². The van der Waals surface area contributed by atoms with Crippen LogP contribution in [0.1, 0.15) is 121 Å². The number of aromatic nitrogens is 1. The molecule has 2 aliphatic carbocycles. The van der Waals surface area contributed by atoms with Crippen LogP contribution in [0.4, 0.5) is 0 Å². The fourth-order valence-electron chi connectivity index (χ4n) is 6.64. The maximum absolute atomic E-state index is 6.42. The Morgan fingerprint density at radius 2 is 1.67 bits per heavy atom. The number of benzene rings is 1. The molecule has 182 valence electrons. The van der Waals surface area contributed by atoms with Crippen molar-refractivity contribution >= 4 is 0 Å². The van der Waals surface area contributed by atoms with Gasteiger partial charge in [-0.05, 0) is 87.0 Å². The van der Waals surface area contributed by atoms with Crippen LogP contribution in [0.5, 0.6) is 0 Å². The molecule has 0 radical (unpaired) electrons. The van der Waals surface area contributed by atoms with Crippen LogP contribution in [0, 0.1) is 0 Å². The van der Waals surface area contributed by atoms with Crippen molar-refractivity contribution in [3.63, 3.8) is 0 Å². The Hall–Kier alpha value is -1.67. The molecule has 2 atom stereocenters. The van der Waals surface area contributed by atoms with Crippen LogP contribution < -0.4 is 0 Å². The molecule has 0 N–H and O–H groups in total. The van der Waals surface area contributed by atoms with E-state index in [0.717, 1.165) is 18.9 Å². The van der Waals surface area contributed by atoms with Gasteiger partial charge in [-0.3, -0.25) is 4.98 Å². The van der Waals surface area contributed by atoms with Crippen LogP contribution >= 0.6 is 0 Å². The van der Waals surface area contributed by atoms with Crippen molar-refractivity contribution in [2.75, 3.05) is 6.61 Å². The number of nitrogens with zero attached hydrogens (tertiary/aromatic N) is 1. The van der Waals surface area contributed by atoms with Gasteiger partial charge in [-0.15, -0.1) is 0 Å². The van der Waals surface area contributed by atoms with E-state index in [9.17, 15) is 0 Å². The number of fused-ring (bicyclic) bond motifs is 1. The largest absolute Gasteiger partial charge is 0.375 e. The molecular formula is C31H47NO. The van der Waals surface area contributed by atoms with Crippen molar-refractivity contribution in [2.24, 2.45) is 0 Å². The predicted octanol–water partition coefficient (Wildman–Crippen LogP) is 8.79. The van der Waals surface area contributed by atoms with Crippen molar-refractivity contribution in [1.82, 2.24) is 4.98 Å². The van der Waals surface area contributed by atoms with Gasteiger partial charge >= 0.3 is 0 Å². The molecule has 33 heavy (non-hydrogen) atoms. The lowest BCUT2D eigenvalue weighted by Crippen LogP contribution is -2.46. The maximum Gasteiger partial charge on any atom is 0.0691 e. The summed E-state index contributed by atoms with van der Waals surface area (Å²) < 4.78 is 6.42. The Labute approximate surface area is 203 Å². The molecule has 2 heteroatoms. The Balaban J connectivity index is 0.000000728. The van der Waals surface area contributed by atoms with Gasteiger partial charge in [-0.2, -0.15) is 0 Å². The molecule has 0 amide bonds. The maximum atomic E-state index is 6.42. The summed E-state index contributed by atoms with van der Waals surface area (Å²) in [6.45, 7) is 8.91. The zero-order valence-corrected chi connectivity index (χ0v) is 21.7. The molecule has 1 aromatic carbocycles. The Bertz CT molecular complexity index is 811. The monoisotopic (exact) mass is 449 g/mol. The number of hydrogen-bond donors (Lipinski definition) is 0. The summed E-state index contributed by atoms with van der Waals surface area (Å²) in [6, 6.07) is 15.7. The lowest BCUT2D eigenvalue weighted by atomic mass is 9.66. The number of pyridine rings is 1. The van der Waals surface area contributed by atoms with Gasteiger partial charge in [0.05, 0.1) is 5.60 Å². The summed E-state index contributed by atoms with van der Waals surface area (Å²) >= 11 is 0. The minimum atomic E-state index is 0.132. The average molecular weight is 450 g/mol. The summed E-state index contributed by atoms with van der Waals surface area (Å²) in [4.78, 5) is 4.87. The number of hydrogen-bond acceptors (Lipinski definition) is 2. The van der Waals surface area contributed by atoms with Crippen molar-refractivity contribution in [2.45, 2.75) is 122 Å². The smallest absolute Gasteiger partial charge is 0.0691 e. The topological polar surface area (TPSA) is 22.1 Å². The molecule has 0 unspecified atom stereocenters. The molecule has 2 fully saturated rings. The van der Waals surface area contributed by atoms with Crippen molar-refractivity contribution in [3.05, 3.63) is 65.5 Å². The fraction of sp³-hybridized carbons (Fsp3) is 0.645. The highest BCUT2D eigenvalue weighted by molar-refractivity contribution is 5.32. The van der Waals surface area contributed by atoms with E-state index in [1.54, 1.807) is 11.1 Å². The highest BCUT2D eigenvalue weighted by Crippen LogP contribution is 2.50. The van der Waals surface area contributed by atoms with E-state index in [-0.39, 0.29) is 11.0 Å². The van der Waals surface area contributed by atoms with Gasteiger partial charge in [0.25, 0.3) is 0 Å². The van der Waals surface area contributed by atoms with Crippen LogP contribution in [-0.2, 0) is 16.6 Å². The number of rotatable bonds is 5. The molecule has 1 aromatic heterocycles. The Kier molecular flexibility index (Phi) is 9.98. The SMILES string of the molecule is CC.CC.c1ccc([C@]2(CCC[C@H]3CCCc4ccccc43)CCOC3(CCCC3)C2)nc1. The van der Waals surface area contributed by atoms with Crippen LogP contribution in [0.25, 0.3) is 0 Å². The predicted molar refractivity (Wildman–Crippen MR) is 141 cm³/mol. The second-order valence-electron chi connectivity index (χ2n) is 9.84. The Morgan fingerprint density at radius 1 is 0.909 bits per heavy atom. The molecule has 1 aliphatic heterocycles. The molecular weight excluding hydrogens is 402 g/mol. The first kappa shape index (κ1) is 25.9. The van der Waals surface area contributed by atoms with Gasteiger partial charge in [0.15, 0.2) is 0 Å². The zero-order valence-electron chi connectivity index (χ0n) is 21.7. The van der Waals surface area contributed by atoms with E-state index >= 15 is 0 Å². The molecule has 5 rings (SSSR count). The van der Waals surface area contributed by atoms with Gasteiger partial charge in [0.1, 0.15) is 0 Å². The minimum absolute atomic E-state index is 0.132. The highest BCUT2D eigenvalue weighted by atomic mass is 16.5. The fourth-order valence-corrected chi connectivity index (χ4v) is 6.64. The molecule has 3 aliphatic rings. The first-order valence-electron chi connectivity index (χ1n) is 13.9. The summed E-state index contributed by atoms with van der Waals surface area (Å²) in [6.07, 6.45) is 17.3. The first-order chi connectivity index (χ1) is 16.3. The van der Waals surface area contributed by atoms with Gasteiger partial charge in [0.2, 0.25) is 0 Å². The van der Waals surface area contributed by atoms with E-state index in [1.807, 2.05) is 33.9 Å². The van der Waals surface area contributed by atoms with Crippen LogP contribution in [0.15, 0.2) is 48.7 Å². The summed E-state index contributed by atoms with van der Waals surface area (Å²) in [5, 5.41) is 0. The van der Waals surface area contributed by atoms with E-state index in [0.29, 0.717) is 0 Å². The van der Waals surface area contributed by atoms with Gasteiger partial charge < -0.3 is 4.74 Å². The van der Waals surface area contributed by atoms with Crippen molar-refractivity contribution < 1.29 is 4.74 Å². The minimum Gasteiger partial charge on any atom is -0.375 e. The second kappa shape index (κ2) is 12.7. The van der Waals surface area contributed by atoms with Crippen LogP contribution in [0.3, 0.4) is 0 Å². The lowest BCUT2D eigenvalue weighted by Gasteiger charge is -2.46. The second-order valence-corrected chi connectivity index (χ2v) is 9.84. The van der Waals surface area contributed by atoms with Crippen LogP contribution in [-0.4, -0.2) is 17.2 Å². The van der Waals surface area contributed by atoms with E-state index in [1.165, 1.54) is 76.3 Å². The highest BCUT2D eigenvalue weighted by Gasteiger charge is 2.48. The number of aryl methyl sites for hydroxylation is 1. The quantitative estimate of drug-likeness (QED) is 0.455. The zero-order chi connectivity index (χ0) is 23.6. The molecule has 2 aromatic rings. The third-order valence-electron chi connectivity index (χ3n) is 8.07. The third-order valence-corrected chi connectivity index (χ3v) is 8.07. The average Bonchev–Trinajstić information content (AvgIpc) is 3.34. The summed E-state index contributed by atoms with van der Waals surface area (Å²) in [7, 11) is 0. The standard InChI is InChI=1S/C27H35NO.2C2H6/c1-2-13-24-22(9-1)10-7-11-23(24)12-8-15-26(25-14-3-6-19-28-25)18-20-29-27(21-26)16-4-5-17-27;2*1-2/h1-3,6,9,13-14,19,23H,4-5,7-8,10-12,15-18,20-21H2;2*1-2H3/t23-,26-;;/m1../s1. The van der Waals surface area contributed by atoms with Crippen molar-refractivity contribution in [1.29, 1.82) is 0 Å².